The standard InChI is InChI=1S/C12H15NO3S/c1-12(2,3)16-11(15)13-10-7-9(8-17-10)5-4-6-14/h7-8,14H,6H2,1-3H3,(H,13,15). The highest BCUT2D eigenvalue weighted by Gasteiger charge is 2.16. The third-order valence-corrected chi connectivity index (χ3v) is 2.38. The molecule has 2 N–H and O–H groups in total. The maximum absolute atomic E-state index is 11.4. The maximum Gasteiger partial charge on any atom is 0.412 e. The number of carbonyl (C=O) groups excluding carboxylic acids is 1. The van der Waals surface area contributed by atoms with E-state index < -0.39 is 11.7 Å². The van der Waals surface area contributed by atoms with Crippen LogP contribution in [0, 0.1) is 11.8 Å². The van der Waals surface area contributed by atoms with Crippen LogP contribution in [-0.2, 0) is 4.74 Å². The van der Waals surface area contributed by atoms with Gasteiger partial charge in [0.05, 0.1) is 5.00 Å². The Kier molecular flexibility index (Phi) is 4.55. The van der Waals surface area contributed by atoms with Gasteiger partial charge >= 0.3 is 6.09 Å². The maximum atomic E-state index is 11.4. The first-order chi connectivity index (χ1) is 7.90. The summed E-state index contributed by atoms with van der Waals surface area (Å²) in [5.41, 5.74) is 0.246. The van der Waals surface area contributed by atoms with Crippen LogP contribution in [0.3, 0.4) is 0 Å². The predicted octanol–water partition coefficient (Wildman–Crippen LogP) is 2.44. The molecule has 0 aliphatic rings. The molecule has 1 rings (SSSR count). The SMILES string of the molecule is CC(C)(C)OC(=O)Nc1cc(C#CCO)cs1. The number of carbonyl (C=O) groups is 1. The molecule has 1 aromatic rings. The van der Waals surface area contributed by atoms with E-state index in [2.05, 4.69) is 17.2 Å². The summed E-state index contributed by atoms with van der Waals surface area (Å²) in [5.74, 6) is 5.29. The van der Waals surface area contributed by atoms with Gasteiger partial charge in [-0.15, -0.1) is 11.3 Å². The number of thiophene rings is 1. The van der Waals surface area contributed by atoms with Crippen molar-refractivity contribution in [2.75, 3.05) is 11.9 Å². The highest BCUT2D eigenvalue weighted by Crippen LogP contribution is 2.20. The number of anilines is 1. The van der Waals surface area contributed by atoms with E-state index in [9.17, 15) is 4.79 Å². The van der Waals surface area contributed by atoms with Gasteiger partial charge in [-0.25, -0.2) is 4.79 Å². The monoisotopic (exact) mass is 253 g/mol. The van der Waals surface area contributed by atoms with E-state index in [1.807, 2.05) is 0 Å². The number of rotatable bonds is 1. The minimum absolute atomic E-state index is 0.176. The third kappa shape index (κ3) is 5.38. The van der Waals surface area contributed by atoms with E-state index in [1.54, 1.807) is 32.2 Å². The summed E-state index contributed by atoms with van der Waals surface area (Å²) >= 11 is 1.36. The van der Waals surface area contributed by atoms with E-state index in [1.165, 1.54) is 11.3 Å². The molecule has 0 saturated heterocycles. The summed E-state index contributed by atoms with van der Waals surface area (Å²) in [4.78, 5) is 11.4. The average Bonchev–Trinajstić information content (AvgIpc) is 2.59. The molecule has 0 saturated carbocycles. The van der Waals surface area contributed by atoms with Crippen LogP contribution in [0.25, 0.3) is 0 Å². The van der Waals surface area contributed by atoms with E-state index in [-0.39, 0.29) is 6.61 Å². The Morgan fingerprint density at radius 1 is 1.59 bits per heavy atom. The quantitative estimate of drug-likeness (QED) is 0.756. The Hall–Kier alpha value is -1.51. The number of hydrogen-bond donors (Lipinski definition) is 2. The van der Waals surface area contributed by atoms with Crippen molar-refractivity contribution in [3.63, 3.8) is 0 Å². The van der Waals surface area contributed by atoms with Crippen molar-refractivity contribution in [2.24, 2.45) is 0 Å². The van der Waals surface area contributed by atoms with Crippen LogP contribution in [-0.4, -0.2) is 23.4 Å². The Morgan fingerprint density at radius 2 is 2.29 bits per heavy atom. The first-order valence-electron chi connectivity index (χ1n) is 5.09. The van der Waals surface area contributed by atoms with Crippen molar-refractivity contribution in [1.29, 1.82) is 0 Å². The molecule has 5 heteroatoms. The van der Waals surface area contributed by atoms with Gasteiger partial charge in [0.15, 0.2) is 0 Å². The van der Waals surface area contributed by atoms with Gasteiger partial charge in [0.2, 0.25) is 0 Å². The minimum atomic E-state index is -0.513. The number of amides is 1. The highest BCUT2D eigenvalue weighted by atomic mass is 32.1. The topological polar surface area (TPSA) is 58.6 Å². The molecular weight excluding hydrogens is 238 g/mol. The van der Waals surface area contributed by atoms with Gasteiger partial charge in [0.1, 0.15) is 12.2 Å². The summed E-state index contributed by atoms with van der Waals surface area (Å²) < 4.78 is 5.11. The van der Waals surface area contributed by atoms with Crippen LogP contribution in [0.15, 0.2) is 11.4 Å². The lowest BCUT2D eigenvalue weighted by Crippen LogP contribution is -2.26. The summed E-state index contributed by atoms with van der Waals surface area (Å²) in [6, 6.07) is 1.73. The van der Waals surface area contributed by atoms with Crippen molar-refractivity contribution < 1.29 is 14.6 Å². The molecule has 0 unspecified atom stereocenters. The molecule has 17 heavy (non-hydrogen) atoms. The van der Waals surface area contributed by atoms with Crippen molar-refractivity contribution in [1.82, 2.24) is 0 Å². The first kappa shape index (κ1) is 13.6. The fourth-order valence-corrected chi connectivity index (χ4v) is 1.73. The van der Waals surface area contributed by atoms with E-state index >= 15 is 0 Å². The molecule has 1 heterocycles. The van der Waals surface area contributed by atoms with Crippen LogP contribution < -0.4 is 5.32 Å². The lowest BCUT2D eigenvalue weighted by Gasteiger charge is -2.19. The number of aliphatic hydroxyl groups excluding tert-OH is 1. The third-order valence-electron chi connectivity index (χ3n) is 1.54. The molecule has 0 atom stereocenters. The molecule has 1 aromatic heterocycles. The smallest absolute Gasteiger partial charge is 0.412 e. The zero-order valence-electron chi connectivity index (χ0n) is 10.0. The van der Waals surface area contributed by atoms with Gasteiger partial charge in [-0.2, -0.15) is 0 Å². The molecule has 0 fully saturated rings. The second-order valence-corrected chi connectivity index (χ2v) is 5.20. The fraction of sp³-hybridized carbons (Fsp3) is 0.417. The Morgan fingerprint density at radius 3 is 2.88 bits per heavy atom. The summed E-state index contributed by atoms with van der Waals surface area (Å²) in [6.07, 6.45) is -0.485. The lowest BCUT2D eigenvalue weighted by atomic mass is 10.2. The zero-order valence-corrected chi connectivity index (χ0v) is 10.9. The summed E-state index contributed by atoms with van der Waals surface area (Å²) in [6.45, 7) is 5.24. The number of ether oxygens (including phenoxy) is 1. The molecule has 0 aliphatic carbocycles. The molecular formula is C12H15NO3S. The molecule has 1 amide bonds. The van der Waals surface area contributed by atoms with Gasteiger partial charge in [-0.1, -0.05) is 11.8 Å². The zero-order chi connectivity index (χ0) is 12.9. The first-order valence-corrected chi connectivity index (χ1v) is 5.97. The molecule has 0 bridgehead atoms. The van der Waals surface area contributed by atoms with Gasteiger partial charge in [-0.05, 0) is 26.8 Å². The van der Waals surface area contributed by atoms with Gasteiger partial charge < -0.3 is 9.84 Å². The van der Waals surface area contributed by atoms with Crippen LogP contribution >= 0.6 is 11.3 Å². The lowest BCUT2D eigenvalue weighted by molar-refractivity contribution is 0.0636. The van der Waals surface area contributed by atoms with Crippen molar-refractivity contribution in [3.05, 3.63) is 17.0 Å². The van der Waals surface area contributed by atoms with Crippen molar-refractivity contribution in [3.8, 4) is 11.8 Å². The van der Waals surface area contributed by atoms with Gasteiger partial charge in [0, 0.05) is 10.9 Å². The van der Waals surface area contributed by atoms with E-state index in [4.69, 9.17) is 9.84 Å². The van der Waals surface area contributed by atoms with E-state index in [0.29, 0.717) is 5.00 Å². The summed E-state index contributed by atoms with van der Waals surface area (Å²) in [5, 5.41) is 13.6. The molecule has 92 valence electrons. The number of nitrogens with one attached hydrogen (secondary N) is 1. The van der Waals surface area contributed by atoms with Crippen LogP contribution in [0.2, 0.25) is 0 Å². The van der Waals surface area contributed by atoms with Crippen LogP contribution in [0.5, 0.6) is 0 Å². The Balaban J connectivity index is 2.58. The highest BCUT2D eigenvalue weighted by molar-refractivity contribution is 7.14. The summed E-state index contributed by atoms with van der Waals surface area (Å²) in [7, 11) is 0. The Labute approximate surface area is 105 Å². The fourth-order valence-electron chi connectivity index (χ4n) is 1.01. The molecule has 0 aromatic carbocycles. The number of aliphatic hydroxyl groups is 1. The van der Waals surface area contributed by atoms with Gasteiger partial charge in [0.25, 0.3) is 0 Å². The molecule has 0 radical (unpaired) electrons. The molecule has 4 nitrogen and oxygen atoms in total. The second-order valence-electron chi connectivity index (χ2n) is 4.29. The average molecular weight is 253 g/mol. The predicted molar refractivity (Wildman–Crippen MR) is 68.1 cm³/mol. The van der Waals surface area contributed by atoms with Gasteiger partial charge in [-0.3, -0.25) is 5.32 Å². The Bertz CT molecular complexity index is 448. The molecule has 0 aliphatic heterocycles. The largest absolute Gasteiger partial charge is 0.444 e. The minimum Gasteiger partial charge on any atom is -0.444 e. The molecule has 0 spiro atoms. The van der Waals surface area contributed by atoms with Crippen LogP contribution in [0.4, 0.5) is 9.80 Å². The normalized spacial score (nSPS) is 10.4. The van der Waals surface area contributed by atoms with Crippen molar-refractivity contribution >= 4 is 22.4 Å². The van der Waals surface area contributed by atoms with Crippen LogP contribution in [0.1, 0.15) is 26.3 Å². The number of hydrogen-bond acceptors (Lipinski definition) is 4. The van der Waals surface area contributed by atoms with Crippen molar-refractivity contribution in [2.45, 2.75) is 26.4 Å². The van der Waals surface area contributed by atoms with E-state index in [0.717, 1.165) is 5.56 Å². The second kappa shape index (κ2) is 5.71.